The van der Waals surface area contributed by atoms with E-state index in [0.717, 1.165) is 0 Å². The van der Waals surface area contributed by atoms with Crippen LogP contribution in [0.2, 0.25) is 0 Å². The molecule has 0 fully saturated rings. The maximum absolute atomic E-state index is 11.2. The van der Waals surface area contributed by atoms with E-state index in [0.29, 0.717) is 11.4 Å². The number of nitrogens with two attached hydrogens (primary N) is 1. The predicted molar refractivity (Wildman–Crippen MR) is 74.4 cm³/mol. The molecule has 0 aliphatic heterocycles. The van der Waals surface area contributed by atoms with Gasteiger partial charge in [-0.25, -0.2) is 25.4 Å². The van der Waals surface area contributed by atoms with Gasteiger partial charge >= 0.3 is 12.1 Å². The molecule has 0 bridgehead atoms. The van der Waals surface area contributed by atoms with Gasteiger partial charge in [-0.3, -0.25) is 0 Å². The number of primary amides is 1. The van der Waals surface area contributed by atoms with E-state index in [9.17, 15) is 9.59 Å². The van der Waals surface area contributed by atoms with Crippen molar-refractivity contribution in [2.75, 3.05) is 14.1 Å². The van der Waals surface area contributed by atoms with Gasteiger partial charge in [0.05, 0.1) is 23.8 Å². The second-order valence-corrected chi connectivity index (χ2v) is 3.79. The monoisotopic (exact) mass is 277 g/mol. The number of carbonyl (C=O) groups excluding carboxylic acids is 2. The van der Waals surface area contributed by atoms with Crippen LogP contribution in [0.5, 0.6) is 0 Å². The van der Waals surface area contributed by atoms with Gasteiger partial charge in [0.2, 0.25) is 0 Å². The molecule has 0 aromatic carbocycles. The molecule has 1 aromatic heterocycles. The Labute approximate surface area is 115 Å². The lowest BCUT2D eigenvalue weighted by Gasteiger charge is -2.07. The largest absolute Gasteiger partial charge is 0.350 e. The Balaban J connectivity index is 2.64. The third-order valence-corrected chi connectivity index (χ3v) is 1.93. The number of rotatable bonds is 4. The molecule has 9 heteroatoms. The highest BCUT2D eigenvalue weighted by atomic mass is 16.2. The number of hydrazone groups is 2. The lowest BCUT2D eigenvalue weighted by molar-refractivity contribution is 0.218. The summed E-state index contributed by atoms with van der Waals surface area (Å²) in [6.45, 7) is 0. The van der Waals surface area contributed by atoms with Crippen molar-refractivity contribution < 1.29 is 9.59 Å². The number of urea groups is 2. The normalized spacial score (nSPS) is 10.7. The highest BCUT2D eigenvalue weighted by Crippen LogP contribution is 1.94. The van der Waals surface area contributed by atoms with E-state index in [2.05, 4.69) is 26.0 Å². The first-order valence-electron chi connectivity index (χ1n) is 5.55. The van der Waals surface area contributed by atoms with Crippen LogP contribution in [0.15, 0.2) is 28.4 Å². The SMILES string of the molecule is CN(C)C(=O)N/N=C/c1cccc(/C=N/NC(N)=O)n1. The summed E-state index contributed by atoms with van der Waals surface area (Å²) in [7, 11) is 3.21. The molecule has 4 amide bonds. The molecule has 1 rings (SSSR count). The molecule has 106 valence electrons. The molecular weight excluding hydrogens is 262 g/mol. The number of pyridine rings is 1. The van der Waals surface area contributed by atoms with Crippen molar-refractivity contribution in [3.05, 3.63) is 29.6 Å². The summed E-state index contributed by atoms with van der Waals surface area (Å²) >= 11 is 0. The highest BCUT2D eigenvalue weighted by molar-refractivity contribution is 5.83. The molecule has 1 aromatic rings. The van der Waals surface area contributed by atoms with Crippen molar-refractivity contribution in [2.24, 2.45) is 15.9 Å². The van der Waals surface area contributed by atoms with Crippen LogP contribution in [0.1, 0.15) is 11.4 Å². The molecular formula is C11H15N7O2. The van der Waals surface area contributed by atoms with Gasteiger partial charge in [-0.1, -0.05) is 6.07 Å². The zero-order chi connectivity index (χ0) is 15.0. The van der Waals surface area contributed by atoms with Crippen molar-refractivity contribution in [3.63, 3.8) is 0 Å². The van der Waals surface area contributed by atoms with Gasteiger partial charge in [0.15, 0.2) is 0 Å². The summed E-state index contributed by atoms with van der Waals surface area (Å²) in [5, 5.41) is 7.33. The Bertz CT molecular complexity index is 539. The number of nitrogens with one attached hydrogen (secondary N) is 2. The van der Waals surface area contributed by atoms with E-state index in [1.807, 2.05) is 0 Å². The Hall–Kier alpha value is -2.97. The molecule has 0 radical (unpaired) electrons. The van der Waals surface area contributed by atoms with Gasteiger partial charge in [0, 0.05) is 14.1 Å². The van der Waals surface area contributed by atoms with E-state index < -0.39 is 6.03 Å². The fourth-order valence-electron chi connectivity index (χ4n) is 1.03. The van der Waals surface area contributed by atoms with E-state index >= 15 is 0 Å². The van der Waals surface area contributed by atoms with Gasteiger partial charge in [0.1, 0.15) is 0 Å². The van der Waals surface area contributed by atoms with Crippen LogP contribution in [0.25, 0.3) is 0 Å². The number of hydrogen-bond acceptors (Lipinski definition) is 5. The summed E-state index contributed by atoms with van der Waals surface area (Å²) < 4.78 is 0. The number of hydrogen-bond donors (Lipinski definition) is 3. The first-order valence-corrected chi connectivity index (χ1v) is 5.55. The zero-order valence-corrected chi connectivity index (χ0v) is 11.1. The first-order chi connectivity index (χ1) is 9.49. The van der Waals surface area contributed by atoms with Crippen molar-refractivity contribution in [1.82, 2.24) is 20.7 Å². The topological polar surface area (TPSA) is 125 Å². The molecule has 0 unspecified atom stereocenters. The molecule has 0 saturated carbocycles. The van der Waals surface area contributed by atoms with Crippen molar-refractivity contribution >= 4 is 24.5 Å². The van der Waals surface area contributed by atoms with Crippen molar-refractivity contribution in [1.29, 1.82) is 0 Å². The summed E-state index contributed by atoms with van der Waals surface area (Å²) in [4.78, 5) is 27.1. The van der Waals surface area contributed by atoms with Crippen LogP contribution < -0.4 is 16.6 Å². The molecule has 0 atom stereocenters. The Morgan fingerprint density at radius 2 is 1.75 bits per heavy atom. The highest BCUT2D eigenvalue weighted by Gasteiger charge is 1.99. The maximum atomic E-state index is 11.2. The Morgan fingerprint density at radius 3 is 2.25 bits per heavy atom. The van der Waals surface area contributed by atoms with Crippen molar-refractivity contribution in [3.8, 4) is 0 Å². The van der Waals surface area contributed by atoms with Crippen LogP contribution in [0.4, 0.5) is 9.59 Å². The van der Waals surface area contributed by atoms with Crippen LogP contribution in [-0.4, -0.2) is 48.5 Å². The fraction of sp³-hybridized carbons (Fsp3) is 0.182. The third-order valence-electron chi connectivity index (χ3n) is 1.93. The lowest BCUT2D eigenvalue weighted by Crippen LogP contribution is -2.31. The number of carbonyl (C=O) groups is 2. The van der Waals surface area contributed by atoms with Crippen LogP contribution in [0, 0.1) is 0 Å². The Kier molecular flexibility index (Phi) is 5.63. The van der Waals surface area contributed by atoms with E-state index in [1.54, 1.807) is 32.3 Å². The summed E-state index contributed by atoms with van der Waals surface area (Å²) in [5.74, 6) is 0. The van der Waals surface area contributed by atoms with E-state index in [1.165, 1.54) is 17.3 Å². The Morgan fingerprint density at radius 1 is 1.20 bits per heavy atom. The van der Waals surface area contributed by atoms with E-state index in [4.69, 9.17) is 5.73 Å². The zero-order valence-electron chi connectivity index (χ0n) is 11.1. The average Bonchev–Trinajstić information content (AvgIpc) is 2.38. The smallest absolute Gasteiger partial charge is 0.337 e. The molecule has 0 spiro atoms. The average molecular weight is 277 g/mol. The minimum Gasteiger partial charge on any atom is -0.350 e. The van der Waals surface area contributed by atoms with Crippen LogP contribution >= 0.6 is 0 Å². The summed E-state index contributed by atoms with van der Waals surface area (Å²) in [6.07, 6.45) is 2.72. The lowest BCUT2D eigenvalue weighted by atomic mass is 10.3. The van der Waals surface area contributed by atoms with Crippen LogP contribution in [-0.2, 0) is 0 Å². The van der Waals surface area contributed by atoms with Crippen molar-refractivity contribution in [2.45, 2.75) is 0 Å². The van der Waals surface area contributed by atoms with Gasteiger partial charge in [-0.05, 0) is 12.1 Å². The molecule has 0 saturated heterocycles. The van der Waals surface area contributed by atoms with E-state index in [-0.39, 0.29) is 6.03 Å². The van der Waals surface area contributed by atoms with Gasteiger partial charge in [0.25, 0.3) is 0 Å². The minimum atomic E-state index is -0.759. The first kappa shape index (κ1) is 15.1. The quantitative estimate of drug-likeness (QED) is 0.516. The second-order valence-electron chi connectivity index (χ2n) is 3.79. The molecule has 1 heterocycles. The van der Waals surface area contributed by atoms with Crippen LogP contribution in [0.3, 0.4) is 0 Å². The number of aromatic nitrogens is 1. The summed E-state index contributed by atoms with van der Waals surface area (Å²) in [5.41, 5.74) is 10.3. The maximum Gasteiger partial charge on any atom is 0.337 e. The molecule has 4 N–H and O–H groups in total. The van der Waals surface area contributed by atoms with Gasteiger partial charge in [-0.2, -0.15) is 10.2 Å². The minimum absolute atomic E-state index is 0.343. The standard InChI is InChI=1S/C11H15N7O2/c1-18(2)11(20)17-14-7-9-5-3-4-8(15-9)6-13-16-10(12)19/h3-7H,1-2H3,(H,17,20)(H3,12,16,19)/b13-6+,14-7+. The molecule has 9 nitrogen and oxygen atoms in total. The molecule has 0 aliphatic carbocycles. The molecule has 0 aliphatic rings. The van der Waals surface area contributed by atoms with Gasteiger partial charge < -0.3 is 10.6 Å². The molecule has 20 heavy (non-hydrogen) atoms. The van der Waals surface area contributed by atoms with Gasteiger partial charge in [-0.15, -0.1) is 0 Å². The number of nitrogens with zero attached hydrogens (tertiary/aromatic N) is 4. The fourth-order valence-corrected chi connectivity index (χ4v) is 1.03. The number of amides is 4. The second kappa shape index (κ2) is 7.46. The summed E-state index contributed by atoms with van der Waals surface area (Å²) in [6, 6.07) is 4.01. The third kappa shape index (κ3) is 5.58. The predicted octanol–water partition coefficient (Wildman–Crippen LogP) is -0.311.